The molecule has 1 aliphatic rings. The lowest BCUT2D eigenvalue weighted by atomic mass is 10.1. The zero-order chi connectivity index (χ0) is 20.3. The van der Waals surface area contributed by atoms with Gasteiger partial charge in [-0.05, 0) is 30.0 Å². The van der Waals surface area contributed by atoms with Gasteiger partial charge in [-0.2, -0.15) is 0 Å². The molecule has 0 atom stereocenters. The molecule has 1 fully saturated rings. The normalized spacial score (nSPS) is 14.6. The van der Waals surface area contributed by atoms with Crippen molar-refractivity contribution in [3.8, 4) is 0 Å². The number of aryl methyl sites for hydroxylation is 1. The molecule has 0 aliphatic carbocycles. The third-order valence-electron chi connectivity index (χ3n) is 5.23. The second-order valence-electron chi connectivity index (χ2n) is 7.46. The van der Waals surface area contributed by atoms with E-state index in [1.54, 1.807) is 6.20 Å². The number of aromatic nitrogens is 1. The van der Waals surface area contributed by atoms with Gasteiger partial charge in [0.25, 0.3) is 0 Å². The molecule has 2 heterocycles. The first-order valence-electron chi connectivity index (χ1n) is 10.4. The summed E-state index contributed by atoms with van der Waals surface area (Å²) in [7, 11) is 0. The predicted molar refractivity (Wildman–Crippen MR) is 113 cm³/mol. The van der Waals surface area contributed by atoms with Crippen molar-refractivity contribution in [2.75, 3.05) is 32.7 Å². The molecule has 1 N–H and O–H groups in total. The van der Waals surface area contributed by atoms with Crippen LogP contribution in [0.5, 0.6) is 0 Å². The van der Waals surface area contributed by atoms with Crippen molar-refractivity contribution in [2.45, 2.75) is 32.2 Å². The van der Waals surface area contributed by atoms with Crippen LogP contribution >= 0.6 is 0 Å². The Bertz CT molecular complexity index is 759. The van der Waals surface area contributed by atoms with Gasteiger partial charge in [0.05, 0.1) is 0 Å². The zero-order valence-corrected chi connectivity index (χ0v) is 16.9. The standard InChI is InChI=1S/C23H30N4O2/c28-22(10-4-8-20-9-5-12-24-18-20)25-13-11-23(29)27-16-14-26(15-17-27)19-21-6-2-1-3-7-21/h1-3,5-7,9,12,18H,4,8,10-11,13-17,19H2,(H,25,28). The lowest BCUT2D eigenvalue weighted by molar-refractivity contribution is -0.133. The third kappa shape index (κ3) is 7.31. The van der Waals surface area contributed by atoms with Crippen molar-refractivity contribution in [3.05, 3.63) is 66.0 Å². The molecule has 1 aromatic carbocycles. The van der Waals surface area contributed by atoms with Gasteiger partial charge < -0.3 is 10.2 Å². The largest absolute Gasteiger partial charge is 0.356 e. The summed E-state index contributed by atoms with van der Waals surface area (Å²) in [4.78, 5) is 32.7. The highest BCUT2D eigenvalue weighted by atomic mass is 16.2. The maximum atomic E-state index is 12.4. The molecule has 0 unspecified atom stereocenters. The molecular weight excluding hydrogens is 364 g/mol. The van der Waals surface area contributed by atoms with E-state index in [0.29, 0.717) is 19.4 Å². The Balaban J connectivity index is 1.26. The van der Waals surface area contributed by atoms with Gasteiger partial charge >= 0.3 is 0 Å². The van der Waals surface area contributed by atoms with Gasteiger partial charge in [0.2, 0.25) is 11.8 Å². The van der Waals surface area contributed by atoms with Crippen LogP contribution in [0.4, 0.5) is 0 Å². The first-order valence-corrected chi connectivity index (χ1v) is 10.4. The van der Waals surface area contributed by atoms with E-state index in [2.05, 4.69) is 39.5 Å². The molecule has 1 aliphatic heterocycles. The summed E-state index contributed by atoms with van der Waals surface area (Å²) in [6, 6.07) is 14.3. The molecule has 0 bridgehead atoms. The number of pyridine rings is 1. The van der Waals surface area contributed by atoms with Crippen molar-refractivity contribution in [2.24, 2.45) is 0 Å². The molecule has 0 spiro atoms. The second-order valence-corrected chi connectivity index (χ2v) is 7.46. The van der Waals surface area contributed by atoms with Crippen molar-refractivity contribution in [1.29, 1.82) is 0 Å². The highest BCUT2D eigenvalue weighted by molar-refractivity contribution is 5.79. The predicted octanol–water partition coefficient (Wildman–Crippen LogP) is 2.25. The quantitative estimate of drug-likeness (QED) is 0.709. The molecule has 2 amide bonds. The SMILES string of the molecule is O=C(CCCc1cccnc1)NCCC(=O)N1CCN(Cc2ccccc2)CC1. The Labute approximate surface area is 172 Å². The van der Waals surface area contributed by atoms with Crippen LogP contribution in [0.15, 0.2) is 54.9 Å². The lowest BCUT2D eigenvalue weighted by Crippen LogP contribution is -2.48. The average molecular weight is 395 g/mol. The highest BCUT2D eigenvalue weighted by Crippen LogP contribution is 2.09. The summed E-state index contributed by atoms with van der Waals surface area (Å²) >= 11 is 0. The molecule has 0 saturated carbocycles. The second kappa shape index (κ2) is 11.3. The average Bonchev–Trinajstić information content (AvgIpc) is 2.76. The Morgan fingerprint density at radius 1 is 0.931 bits per heavy atom. The first kappa shape index (κ1) is 21.0. The van der Waals surface area contributed by atoms with E-state index in [9.17, 15) is 9.59 Å². The monoisotopic (exact) mass is 394 g/mol. The van der Waals surface area contributed by atoms with Crippen LogP contribution in [0.3, 0.4) is 0 Å². The fourth-order valence-corrected chi connectivity index (χ4v) is 3.55. The fraction of sp³-hybridized carbons (Fsp3) is 0.435. The smallest absolute Gasteiger partial charge is 0.224 e. The maximum absolute atomic E-state index is 12.4. The van der Waals surface area contributed by atoms with Gasteiger partial charge in [-0.1, -0.05) is 36.4 Å². The zero-order valence-electron chi connectivity index (χ0n) is 16.9. The maximum Gasteiger partial charge on any atom is 0.224 e. The Morgan fingerprint density at radius 2 is 1.69 bits per heavy atom. The van der Waals surface area contributed by atoms with Crippen molar-refractivity contribution < 1.29 is 9.59 Å². The molecule has 2 aromatic rings. The van der Waals surface area contributed by atoms with E-state index < -0.39 is 0 Å². The molecule has 154 valence electrons. The van der Waals surface area contributed by atoms with Crippen LogP contribution in [-0.2, 0) is 22.6 Å². The van der Waals surface area contributed by atoms with Crippen LogP contribution in [-0.4, -0.2) is 59.3 Å². The van der Waals surface area contributed by atoms with Crippen molar-refractivity contribution in [3.63, 3.8) is 0 Å². The van der Waals surface area contributed by atoms with E-state index in [-0.39, 0.29) is 11.8 Å². The summed E-state index contributed by atoms with van der Waals surface area (Å²) in [6.07, 6.45) is 6.04. The summed E-state index contributed by atoms with van der Waals surface area (Å²) in [5.74, 6) is 0.134. The van der Waals surface area contributed by atoms with E-state index >= 15 is 0 Å². The Morgan fingerprint density at radius 3 is 2.41 bits per heavy atom. The van der Waals surface area contributed by atoms with Gasteiger partial charge in [-0.3, -0.25) is 19.5 Å². The molecule has 6 heteroatoms. The molecule has 1 saturated heterocycles. The summed E-state index contributed by atoms with van der Waals surface area (Å²) in [6.45, 7) is 4.63. The first-order chi connectivity index (χ1) is 14.2. The minimum Gasteiger partial charge on any atom is -0.356 e. The number of nitrogens with zero attached hydrogens (tertiary/aromatic N) is 3. The topological polar surface area (TPSA) is 65.5 Å². The third-order valence-corrected chi connectivity index (χ3v) is 5.23. The minimum absolute atomic E-state index is 0.00868. The van der Waals surface area contributed by atoms with Gasteiger partial charge in [-0.15, -0.1) is 0 Å². The van der Waals surface area contributed by atoms with Gasteiger partial charge in [0, 0.05) is 64.5 Å². The van der Waals surface area contributed by atoms with Crippen LogP contribution in [0, 0.1) is 0 Å². The number of benzene rings is 1. The van der Waals surface area contributed by atoms with Crippen molar-refractivity contribution >= 4 is 11.8 Å². The number of rotatable bonds is 9. The molecular formula is C23H30N4O2. The number of carbonyl (C=O) groups excluding carboxylic acids is 2. The van der Waals surface area contributed by atoms with Crippen LogP contribution in [0.25, 0.3) is 0 Å². The van der Waals surface area contributed by atoms with E-state index in [0.717, 1.165) is 51.1 Å². The summed E-state index contributed by atoms with van der Waals surface area (Å²) in [5.41, 5.74) is 2.44. The summed E-state index contributed by atoms with van der Waals surface area (Å²) in [5, 5.41) is 2.87. The van der Waals surface area contributed by atoms with E-state index in [1.807, 2.05) is 29.3 Å². The lowest BCUT2D eigenvalue weighted by Gasteiger charge is -2.34. The number of piperazine rings is 1. The van der Waals surface area contributed by atoms with Crippen molar-refractivity contribution in [1.82, 2.24) is 20.1 Å². The molecule has 3 rings (SSSR count). The Kier molecular flexibility index (Phi) is 8.19. The van der Waals surface area contributed by atoms with E-state index in [4.69, 9.17) is 0 Å². The minimum atomic E-state index is 0.00868. The number of hydrogen-bond donors (Lipinski definition) is 1. The number of carbonyl (C=O) groups is 2. The van der Waals surface area contributed by atoms with Crippen LogP contribution in [0.1, 0.15) is 30.4 Å². The van der Waals surface area contributed by atoms with Gasteiger partial charge in [0.1, 0.15) is 0 Å². The molecule has 29 heavy (non-hydrogen) atoms. The summed E-state index contributed by atoms with van der Waals surface area (Å²) < 4.78 is 0. The number of hydrogen-bond acceptors (Lipinski definition) is 4. The van der Waals surface area contributed by atoms with Crippen LogP contribution in [0.2, 0.25) is 0 Å². The molecule has 0 radical (unpaired) electrons. The van der Waals surface area contributed by atoms with E-state index in [1.165, 1.54) is 5.56 Å². The highest BCUT2D eigenvalue weighted by Gasteiger charge is 2.20. The van der Waals surface area contributed by atoms with Gasteiger partial charge in [-0.25, -0.2) is 0 Å². The fourth-order valence-electron chi connectivity index (χ4n) is 3.55. The number of amides is 2. The van der Waals surface area contributed by atoms with Gasteiger partial charge in [0.15, 0.2) is 0 Å². The van der Waals surface area contributed by atoms with Crippen LogP contribution < -0.4 is 5.32 Å². The molecule has 1 aromatic heterocycles. The molecule has 6 nitrogen and oxygen atoms in total. The number of nitrogens with one attached hydrogen (secondary N) is 1. The Hall–Kier alpha value is -2.73.